The third kappa shape index (κ3) is 5.55. The summed E-state index contributed by atoms with van der Waals surface area (Å²) < 4.78 is 1.12. The summed E-state index contributed by atoms with van der Waals surface area (Å²) in [4.78, 5) is 10.9. The largest absolute Gasteiger partial charge is 0.354 e. The van der Waals surface area contributed by atoms with E-state index in [1.165, 1.54) is 5.56 Å². The predicted octanol–water partition coefficient (Wildman–Crippen LogP) is 3.81. The van der Waals surface area contributed by atoms with Crippen LogP contribution in [-0.2, 0) is 6.54 Å². The van der Waals surface area contributed by atoms with Gasteiger partial charge in [0, 0.05) is 43.0 Å². The maximum atomic E-state index is 4.58. The minimum Gasteiger partial charge on any atom is -0.354 e. The van der Waals surface area contributed by atoms with Crippen LogP contribution >= 0.6 is 51.2 Å². The first-order valence-electron chi connectivity index (χ1n) is 7.91. The van der Waals surface area contributed by atoms with Crippen molar-refractivity contribution in [1.82, 2.24) is 15.6 Å². The lowest BCUT2D eigenvalue weighted by Gasteiger charge is -2.11. The molecule has 2 atom stereocenters. The second-order valence-electron chi connectivity index (χ2n) is 6.09. The number of nitrogens with zero attached hydrogens (tertiary/aromatic N) is 3. The molecule has 0 bridgehead atoms. The van der Waals surface area contributed by atoms with E-state index in [0.717, 1.165) is 27.7 Å². The maximum Gasteiger partial charge on any atom is 0.191 e. The van der Waals surface area contributed by atoms with Gasteiger partial charge in [-0.3, -0.25) is 4.99 Å². The summed E-state index contributed by atoms with van der Waals surface area (Å²) in [5.41, 5.74) is 2.41. The standard InChI is InChI=1S/C17H22BrN5S.HI/c1-19-16(20-9-13-10-24-17(21-13)23(2)3)22-15-8-14(15)11-4-6-12(18)7-5-11;/h4-7,10,14-15H,8-9H2,1-3H3,(H2,19,20,22);1H. The van der Waals surface area contributed by atoms with Gasteiger partial charge in [0.25, 0.3) is 0 Å². The summed E-state index contributed by atoms with van der Waals surface area (Å²) in [6.07, 6.45) is 1.14. The highest BCUT2D eigenvalue weighted by atomic mass is 127. The Labute approximate surface area is 178 Å². The van der Waals surface area contributed by atoms with Crippen LogP contribution in [0.15, 0.2) is 39.1 Å². The van der Waals surface area contributed by atoms with Crippen molar-refractivity contribution in [3.05, 3.63) is 45.4 Å². The Morgan fingerprint density at radius 2 is 2.08 bits per heavy atom. The third-order valence-corrected chi connectivity index (χ3v) is 5.58. The summed E-state index contributed by atoms with van der Waals surface area (Å²) in [5, 5.41) is 9.94. The van der Waals surface area contributed by atoms with E-state index in [4.69, 9.17) is 0 Å². The molecule has 8 heteroatoms. The fourth-order valence-electron chi connectivity index (χ4n) is 2.56. The number of aliphatic imine (C=N–C) groups is 1. The van der Waals surface area contributed by atoms with E-state index in [1.807, 2.05) is 19.0 Å². The van der Waals surface area contributed by atoms with Crippen LogP contribution in [0.4, 0.5) is 5.13 Å². The number of guanidine groups is 1. The van der Waals surface area contributed by atoms with Crippen molar-refractivity contribution in [2.24, 2.45) is 4.99 Å². The number of rotatable bonds is 5. The lowest BCUT2D eigenvalue weighted by molar-refractivity contribution is 0.781. The van der Waals surface area contributed by atoms with Gasteiger partial charge in [-0.15, -0.1) is 35.3 Å². The van der Waals surface area contributed by atoms with Gasteiger partial charge in [-0.1, -0.05) is 28.1 Å². The number of halogens is 2. The van der Waals surface area contributed by atoms with Crippen molar-refractivity contribution >= 4 is 62.3 Å². The second-order valence-corrected chi connectivity index (χ2v) is 7.84. The van der Waals surface area contributed by atoms with Crippen LogP contribution in [0.5, 0.6) is 0 Å². The fourth-order valence-corrected chi connectivity index (χ4v) is 3.58. The van der Waals surface area contributed by atoms with Crippen molar-refractivity contribution in [2.45, 2.75) is 24.9 Å². The molecule has 3 rings (SSSR count). The van der Waals surface area contributed by atoms with Crippen molar-refractivity contribution in [3.63, 3.8) is 0 Å². The molecule has 2 N–H and O–H groups in total. The van der Waals surface area contributed by atoms with Crippen LogP contribution in [0.3, 0.4) is 0 Å². The molecule has 1 fully saturated rings. The number of benzene rings is 1. The van der Waals surface area contributed by atoms with Crippen LogP contribution in [0.2, 0.25) is 0 Å². The summed E-state index contributed by atoms with van der Waals surface area (Å²) in [6.45, 7) is 0.680. The van der Waals surface area contributed by atoms with Crippen molar-refractivity contribution in [1.29, 1.82) is 0 Å². The van der Waals surface area contributed by atoms with Crippen LogP contribution < -0.4 is 15.5 Å². The molecule has 0 amide bonds. The first-order valence-corrected chi connectivity index (χ1v) is 9.58. The number of nitrogens with one attached hydrogen (secondary N) is 2. The molecule has 1 aromatic carbocycles. The molecule has 1 aliphatic rings. The monoisotopic (exact) mass is 535 g/mol. The van der Waals surface area contributed by atoms with Gasteiger partial charge in [-0.05, 0) is 24.1 Å². The fraction of sp³-hybridized carbons (Fsp3) is 0.412. The van der Waals surface area contributed by atoms with Gasteiger partial charge in [-0.2, -0.15) is 0 Å². The van der Waals surface area contributed by atoms with Crippen LogP contribution in [0, 0.1) is 0 Å². The molecule has 136 valence electrons. The SMILES string of the molecule is CN=C(NCc1csc(N(C)C)n1)NC1CC1c1ccc(Br)cc1.I. The summed E-state index contributed by atoms with van der Waals surface area (Å²) in [6, 6.07) is 9.02. The molecular formula is C17H23BrIN5S. The van der Waals surface area contributed by atoms with Crippen LogP contribution in [-0.4, -0.2) is 38.1 Å². The lowest BCUT2D eigenvalue weighted by Crippen LogP contribution is -2.38. The van der Waals surface area contributed by atoms with Gasteiger partial charge >= 0.3 is 0 Å². The Hall–Kier alpha value is -0.870. The average molecular weight is 536 g/mol. The quantitative estimate of drug-likeness (QED) is 0.347. The zero-order valence-corrected chi connectivity index (χ0v) is 19.2. The Balaban J connectivity index is 0.00000225. The van der Waals surface area contributed by atoms with Crippen molar-refractivity contribution in [3.8, 4) is 0 Å². The van der Waals surface area contributed by atoms with E-state index in [0.29, 0.717) is 18.5 Å². The molecule has 2 unspecified atom stereocenters. The molecule has 1 saturated carbocycles. The molecule has 0 saturated heterocycles. The zero-order chi connectivity index (χ0) is 17.1. The van der Waals surface area contributed by atoms with E-state index >= 15 is 0 Å². The molecule has 1 aliphatic carbocycles. The van der Waals surface area contributed by atoms with Gasteiger partial charge in [0.05, 0.1) is 12.2 Å². The Morgan fingerprint density at radius 1 is 1.36 bits per heavy atom. The van der Waals surface area contributed by atoms with Gasteiger partial charge in [0.2, 0.25) is 0 Å². The molecule has 0 aliphatic heterocycles. The minimum absolute atomic E-state index is 0. The summed E-state index contributed by atoms with van der Waals surface area (Å²) >= 11 is 5.13. The highest BCUT2D eigenvalue weighted by Crippen LogP contribution is 2.40. The lowest BCUT2D eigenvalue weighted by atomic mass is 10.1. The molecule has 1 heterocycles. The smallest absolute Gasteiger partial charge is 0.191 e. The summed E-state index contributed by atoms with van der Waals surface area (Å²) in [5.74, 6) is 1.40. The van der Waals surface area contributed by atoms with Crippen LogP contribution in [0.1, 0.15) is 23.6 Å². The number of anilines is 1. The molecule has 2 aromatic rings. The third-order valence-electron chi connectivity index (χ3n) is 3.99. The normalized spacial score (nSPS) is 19.1. The first kappa shape index (κ1) is 20.4. The Bertz CT molecular complexity index is 716. The van der Waals surface area contributed by atoms with E-state index in [-0.39, 0.29) is 24.0 Å². The van der Waals surface area contributed by atoms with E-state index in [1.54, 1.807) is 18.4 Å². The van der Waals surface area contributed by atoms with Gasteiger partial charge < -0.3 is 15.5 Å². The zero-order valence-electron chi connectivity index (χ0n) is 14.5. The van der Waals surface area contributed by atoms with Gasteiger partial charge in [0.15, 0.2) is 11.1 Å². The number of hydrogen-bond acceptors (Lipinski definition) is 4. The van der Waals surface area contributed by atoms with Gasteiger partial charge in [-0.25, -0.2) is 4.98 Å². The van der Waals surface area contributed by atoms with Crippen LogP contribution in [0.25, 0.3) is 0 Å². The number of hydrogen-bond donors (Lipinski definition) is 2. The Kier molecular flexibility index (Phi) is 7.51. The number of aromatic nitrogens is 1. The first-order chi connectivity index (χ1) is 11.6. The number of thiazole rings is 1. The molecule has 0 radical (unpaired) electrons. The van der Waals surface area contributed by atoms with Crippen molar-refractivity contribution < 1.29 is 0 Å². The molecular weight excluding hydrogens is 513 g/mol. The van der Waals surface area contributed by atoms with Gasteiger partial charge in [0.1, 0.15) is 0 Å². The second kappa shape index (κ2) is 9.18. The maximum absolute atomic E-state index is 4.58. The highest BCUT2D eigenvalue weighted by molar-refractivity contribution is 14.0. The predicted molar refractivity (Wildman–Crippen MR) is 120 cm³/mol. The van der Waals surface area contributed by atoms with E-state index in [9.17, 15) is 0 Å². The average Bonchev–Trinajstić information content (AvgIpc) is 3.16. The Morgan fingerprint density at radius 3 is 2.68 bits per heavy atom. The topological polar surface area (TPSA) is 52.6 Å². The molecule has 5 nitrogen and oxygen atoms in total. The summed E-state index contributed by atoms with van der Waals surface area (Å²) in [7, 11) is 5.82. The molecule has 25 heavy (non-hydrogen) atoms. The highest BCUT2D eigenvalue weighted by Gasteiger charge is 2.38. The minimum atomic E-state index is 0. The van der Waals surface area contributed by atoms with Crippen molar-refractivity contribution in [2.75, 3.05) is 26.0 Å². The van der Waals surface area contributed by atoms with E-state index < -0.39 is 0 Å². The molecule has 1 aromatic heterocycles. The molecule has 0 spiro atoms. The van der Waals surface area contributed by atoms with E-state index in [2.05, 4.69) is 66.2 Å².